The number of aliphatic hydroxyl groups excluding tert-OH is 2. The highest BCUT2D eigenvalue weighted by molar-refractivity contribution is 5.38. The molecule has 3 aliphatic rings. The summed E-state index contributed by atoms with van der Waals surface area (Å²) in [6.07, 6.45) is 13.9. The third kappa shape index (κ3) is 5.29. The van der Waals surface area contributed by atoms with Crippen LogP contribution in [0, 0.1) is 23.2 Å². The van der Waals surface area contributed by atoms with Crippen molar-refractivity contribution in [3.63, 3.8) is 0 Å². The molecular formula is C27H44O3. The highest BCUT2D eigenvalue weighted by Crippen LogP contribution is 2.60. The van der Waals surface area contributed by atoms with Gasteiger partial charge in [-0.15, -0.1) is 0 Å². The van der Waals surface area contributed by atoms with E-state index < -0.39 is 17.8 Å². The van der Waals surface area contributed by atoms with E-state index in [2.05, 4.69) is 32.6 Å². The van der Waals surface area contributed by atoms with Gasteiger partial charge < -0.3 is 15.3 Å². The molecule has 0 amide bonds. The molecule has 3 fully saturated rings. The lowest BCUT2D eigenvalue weighted by Gasteiger charge is -2.44. The van der Waals surface area contributed by atoms with E-state index in [1.807, 2.05) is 13.8 Å². The van der Waals surface area contributed by atoms with E-state index in [-0.39, 0.29) is 0 Å². The summed E-state index contributed by atoms with van der Waals surface area (Å²) in [5, 5.41) is 30.2. The summed E-state index contributed by atoms with van der Waals surface area (Å²) in [7, 11) is 0. The van der Waals surface area contributed by atoms with Gasteiger partial charge in [-0.05, 0) is 93.1 Å². The summed E-state index contributed by atoms with van der Waals surface area (Å²) in [6, 6.07) is 0. The molecule has 3 heteroatoms. The van der Waals surface area contributed by atoms with Crippen molar-refractivity contribution in [3.05, 3.63) is 35.5 Å². The maximum atomic E-state index is 10.1. The van der Waals surface area contributed by atoms with Crippen molar-refractivity contribution >= 4 is 0 Å². The molecule has 0 heterocycles. The Kier molecular flexibility index (Phi) is 7.37. The standard InChI is InChI=1S/C27H44O3/c1-18(8-6-14-26(3,4)30)23-12-13-24-20(9-7-15-27(23,24)5)10-11-21-16-22(28)17-25(29)19(21)2/h10-11,18,22-25,28-30H,2,6-9,12-17H2,1,3-5H3/b20-10+,21-11-/t18-,22+,23-,24?,25-,27-/m1/s1. The smallest absolute Gasteiger partial charge is 0.0811 e. The molecule has 6 atom stereocenters. The van der Waals surface area contributed by atoms with Gasteiger partial charge in [-0.25, -0.2) is 0 Å². The maximum Gasteiger partial charge on any atom is 0.0811 e. The molecule has 0 aromatic rings. The lowest BCUT2D eigenvalue weighted by Crippen LogP contribution is -2.36. The second-order valence-corrected chi connectivity index (χ2v) is 11.3. The summed E-state index contributed by atoms with van der Waals surface area (Å²) in [6.45, 7) is 12.8. The normalized spacial score (nSPS) is 38.8. The van der Waals surface area contributed by atoms with Crippen LogP contribution in [0.25, 0.3) is 0 Å². The second kappa shape index (κ2) is 9.30. The fourth-order valence-corrected chi connectivity index (χ4v) is 6.74. The number of hydrogen-bond donors (Lipinski definition) is 3. The quantitative estimate of drug-likeness (QED) is 0.520. The molecule has 3 rings (SSSR count). The van der Waals surface area contributed by atoms with E-state index in [4.69, 9.17) is 0 Å². The highest BCUT2D eigenvalue weighted by Gasteiger charge is 2.50. The van der Waals surface area contributed by atoms with Crippen molar-refractivity contribution in [2.24, 2.45) is 23.2 Å². The largest absolute Gasteiger partial charge is 0.393 e. The third-order valence-electron chi connectivity index (χ3n) is 8.44. The van der Waals surface area contributed by atoms with Crippen molar-refractivity contribution in [2.75, 3.05) is 0 Å². The predicted octanol–water partition coefficient (Wildman–Crippen LogP) is 5.70. The molecule has 0 aliphatic heterocycles. The Morgan fingerprint density at radius 2 is 1.97 bits per heavy atom. The van der Waals surface area contributed by atoms with E-state index in [1.54, 1.807) is 5.57 Å². The molecule has 0 radical (unpaired) electrons. The number of allylic oxidation sites excluding steroid dienone is 3. The van der Waals surface area contributed by atoms with E-state index in [0.29, 0.717) is 30.1 Å². The number of aliphatic hydroxyl groups is 3. The van der Waals surface area contributed by atoms with Gasteiger partial charge in [0.25, 0.3) is 0 Å². The first kappa shape index (κ1) is 23.8. The Hall–Kier alpha value is -0.900. The zero-order valence-electron chi connectivity index (χ0n) is 19.7. The summed E-state index contributed by atoms with van der Waals surface area (Å²) < 4.78 is 0. The summed E-state index contributed by atoms with van der Waals surface area (Å²) >= 11 is 0. The van der Waals surface area contributed by atoms with Gasteiger partial charge >= 0.3 is 0 Å². The van der Waals surface area contributed by atoms with Crippen LogP contribution in [0.15, 0.2) is 35.5 Å². The molecule has 0 aromatic heterocycles. The van der Waals surface area contributed by atoms with Crippen LogP contribution < -0.4 is 0 Å². The van der Waals surface area contributed by atoms with Gasteiger partial charge in [0.2, 0.25) is 0 Å². The molecule has 3 nitrogen and oxygen atoms in total. The van der Waals surface area contributed by atoms with E-state index >= 15 is 0 Å². The Labute approximate surface area is 184 Å². The van der Waals surface area contributed by atoms with Crippen LogP contribution in [0.4, 0.5) is 0 Å². The molecule has 30 heavy (non-hydrogen) atoms. The van der Waals surface area contributed by atoms with Crippen molar-refractivity contribution < 1.29 is 15.3 Å². The van der Waals surface area contributed by atoms with Crippen LogP contribution in [0.2, 0.25) is 0 Å². The fourth-order valence-electron chi connectivity index (χ4n) is 6.74. The first-order valence-electron chi connectivity index (χ1n) is 12.2. The monoisotopic (exact) mass is 416 g/mol. The Morgan fingerprint density at radius 3 is 2.67 bits per heavy atom. The maximum absolute atomic E-state index is 10.1. The first-order chi connectivity index (χ1) is 14.0. The number of hydrogen-bond acceptors (Lipinski definition) is 3. The van der Waals surface area contributed by atoms with Crippen LogP contribution >= 0.6 is 0 Å². The van der Waals surface area contributed by atoms with Gasteiger partial charge in [0.15, 0.2) is 0 Å². The summed E-state index contributed by atoms with van der Waals surface area (Å²) in [5.74, 6) is 2.11. The van der Waals surface area contributed by atoms with Gasteiger partial charge in [-0.3, -0.25) is 0 Å². The molecule has 0 saturated heterocycles. The lowest BCUT2D eigenvalue weighted by atomic mass is 9.60. The SMILES string of the molecule is C=C1/C(=C\C=C2/CCC[C@@]3(C)C2CC[C@@H]3[C@H](C)CCCC(C)(C)O)C[C@H](O)C[C@H]1O. The van der Waals surface area contributed by atoms with E-state index in [0.717, 1.165) is 29.9 Å². The summed E-state index contributed by atoms with van der Waals surface area (Å²) in [5.41, 5.74) is 3.17. The van der Waals surface area contributed by atoms with Crippen molar-refractivity contribution in [2.45, 2.75) is 110 Å². The van der Waals surface area contributed by atoms with Gasteiger partial charge in [0.1, 0.15) is 0 Å². The molecular weight excluding hydrogens is 372 g/mol. The highest BCUT2D eigenvalue weighted by atomic mass is 16.3. The average molecular weight is 417 g/mol. The Morgan fingerprint density at radius 1 is 1.23 bits per heavy atom. The van der Waals surface area contributed by atoms with Gasteiger partial charge in [0.05, 0.1) is 17.8 Å². The molecule has 3 aliphatic carbocycles. The first-order valence-corrected chi connectivity index (χ1v) is 12.2. The predicted molar refractivity (Wildman–Crippen MR) is 124 cm³/mol. The third-order valence-corrected chi connectivity index (χ3v) is 8.44. The molecule has 3 N–H and O–H groups in total. The second-order valence-electron chi connectivity index (χ2n) is 11.3. The zero-order chi connectivity index (χ0) is 22.1. The molecule has 1 unspecified atom stereocenters. The topological polar surface area (TPSA) is 60.7 Å². The van der Waals surface area contributed by atoms with Crippen LogP contribution in [-0.2, 0) is 0 Å². The van der Waals surface area contributed by atoms with Crippen molar-refractivity contribution in [1.82, 2.24) is 0 Å². The van der Waals surface area contributed by atoms with Crippen LogP contribution in [0.3, 0.4) is 0 Å². The van der Waals surface area contributed by atoms with Gasteiger partial charge in [-0.2, -0.15) is 0 Å². The Balaban J connectivity index is 1.70. The van der Waals surface area contributed by atoms with Crippen molar-refractivity contribution in [1.29, 1.82) is 0 Å². The number of rotatable bonds is 6. The lowest BCUT2D eigenvalue weighted by molar-refractivity contribution is 0.0596. The molecule has 0 aromatic carbocycles. The van der Waals surface area contributed by atoms with Gasteiger partial charge in [0, 0.05) is 6.42 Å². The van der Waals surface area contributed by atoms with E-state index in [9.17, 15) is 15.3 Å². The van der Waals surface area contributed by atoms with Crippen molar-refractivity contribution in [3.8, 4) is 0 Å². The minimum Gasteiger partial charge on any atom is -0.393 e. The average Bonchev–Trinajstić information content (AvgIpc) is 3.00. The zero-order valence-corrected chi connectivity index (χ0v) is 19.7. The molecule has 170 valence electrons. The molecule has 3 saturated carbocycles. The summed E-state index contributed by atoms with van der Waals surface area (Å²) in [4.78, 5) is 0. The van der Waals surface area contributed by atoms with Crippen LogP contribution in [0.1, 0.15) is 91.9 Å². The van der Waals surface area contributed by atoms with Crippen LogP contribution in [-0.4, -0.2) is 33.1 Å². The number of fused-ring (bicyclic) bond motifs is 1. The molecule has 0 spiro atoms. The minimum absolute atomic E-state index is 0.374. The van der Waals surface area contributed by atoms with Gasteiger partial charge in [-0.1, -0.05) is 51.0 Å². The Bertz CT molecular complexity index is 683. The minimum atomic E-state index is -0.615. The fraction of sp³-hybridized carbons (Fsp3) is 0.778. The van der Waals surface area contributed by atoms with Crippen LogP contribution in [0.5, 0.6) is 0 Å². The van der Waals surface area contributed by atoms with E-state index in [1.165, 1.54) is 38.5 Å². The molecule has 0 bridgehead atoms.